The minimum absolute atomic E-state index is 0.250. The number of carbonyl (C=O) groups is 1. The summed E-state index contributed by atoms with van der Waals surface area (Å²) in [5.74, 6) is 0.282. The zero-order valence-electron chi connectivity index (χ0n) is 9.90. The Balaban J connectivity index is 2.02. The summed E-state index contributed by atoms with van der Waals surface area (Å²) in [6, 6.07) is 3.50. The lowest BCUT2D eigenvalue weighted by molar-refractivity contribution is 0.102. The maximum Gasteiger partial charge on any atom is 0.277 e. The molecule has 2 heterocycles. The number of nitrogens with zero attached hydrogens (tertiary/aromatic N) is 3. The summed E-state index contributed by atoms with van der Waals surface area (Å²) in [6.45, 7) is 2.09. The molecule has 0 saturated heterocycles. The molecule has 17 heavy (non-hydrogen) atoms. The lowest BCUT2D eigenvalue weighted by Crippen LogP contribution is -2.13. The number of nitrogens with one attached hydrogen (secondary N) is 2. The van der Waals surface area contributed by atoms with E-state index < -0.39 is 0 Å². The Kier molecular flexibility index (Phi) is 3.22. The van der Waals surface area contributed by atoms with Crippen LogP contribution in [0.1, 0.15) is 29.5 Å². The van der Waals surface area contributed by atoms with Crippen LogP contribution in [0.5, 0.6) is 0 Å². The molecule has 0 unspecified atom stereocenters. The molecule has 0 spiro atoms. The van der Waals surface area contributed by atoms with Crippen molar-refractivity contribution in [2.75, 3.05) is 5.32 Å². The largest absolute Gasteiger partial charge is 0.304 e. The van der Waals surface area contributed by atoms with Crippen molar-refractivity contribution in [3.63, 3.8) is 0 Å². The molecule has 0 aliphatic carbocycles. The number of aromatic nitrogens is 4. The van der Waals surface area contributed by atoms with Crippen molar-refractivity contribution in [1.29, 1.82) is 0 Å². The molecule has 0 radical (unpaired) electrons. The van der Waals surface area contributed by atoms with Gasteiger partial charge in [0.05, 0.1) is 0 Å². The van der Waals surface area contributed by atoms with Crippen molar-refractivity contribution >= 4 is 11.7 Å². The van der Waals surface area contributed by atoms with Gasteiger partial charge in [0.2, 0.25) is 0 Å². The van der Waals surface area contributed by atoms with E-state index in [0.29, 0.717) is 11.5 Å². The first-order chi connectivity index (χ1) is 8.19. The number of anilines is 1. The van der Waals surface area contributed by atoms with Gasteiger partial charge >= 0.3 is 0 Å². The Bertz CT molecular complexity index is 513. The summed E-state index contributed by atoms with van der Waals surface area (Å²) in [5, 5.41) is 13.6. The van der Waals surface area contributed by atoms with Crippen LogP contribution in [0.4, 0.5) is 5.82 Å². The van der Waals surface area contributed by atoms with Crippen LogP contribution in [0.15, 0.2) is 18.3 Å². The predicted octanol–water partition coefficient (Wildman–Crippen LogP) is 1.35. The van der Waals surface area contributed by atoms with E-state index >= 15 is 0 Å². The molecule has 2 rings (SSSR count). The van der Waals surface area contributed by atoms with E-state index in [1.165, 1.54) is 0 Å². The number of aryl methyl sites for hydroxylation is 2. The Morgan fingerprint density at radius 3 is 3.06 bits per heavy atom. The molecular formula is C11H15N5O. The van der Waals surface area contributed by atoms with Crippen molar-refractivity contribution in [3.05, 3.63) is 29.7 Å². The van der Waals surface area contributed by atoms with Crippen molar-refractivity contribution in [1.82, 2.24) is 20.0 Å². The summed E-state index contributed by atoms with van der Waals surface area (Å²) in [7, 11) is 1.77. The fraction of sp³-hybridized carbons (Fsp3) is 0.364. The number of H-pyrrole nitrogens is 1. The van der Waals surface area contributed by atoms with Crippen LogP contribution in [0.3, 0.4) is 0 Å². The maximum atomic E-state index is 11.8. The maximum absolute atomic E-state index is 11.8. The summed E-state index contributed by atoms with van der Waals surface area (Å²) in [4.78, 5) is 11.8. The first-order valence-electron chi connectivity index (χ1n) is 5.54. The van der Waals surface area contributed by atoms with Crippen LogP contribution in [0.25, 0.3) is 0 Å². The third-order valence-corrected chi connectivity index (χ3v) is 2.34. The fourth-order valence-electron chi connectivity index (χ4n) is 1.54. The van der Waals surface area contributed by atoms with Gasteiger partial charge in [-0.05, 0) is 12.5 Å². The molecule has 0 fully saturated rings. The minimum Gasteiger partial charge on any atom is -0.304 e. The fourth-order valence-corrected chi connectivity index (χ4v) is 1.54. The molecule has 6 nitrogen and oxygen atoms in total. The number of aromatic amines is 1. The van der Waals surface area contributed by atoms with E-state index in [2.05, 4.69) is 27.5 Å². The zero-order valence-corrected chi connectivity index (χ0v) is 9.90. The van der Waals surface area contributed by atoms with Crippen molar-refractivity contribution in [3.8, 4) is 0 Å². The predicted molar refractivity (Wildman–Crippen MR) is 63.7 cm³/mol. The number of carbonyl (C=O) groups excluding carboxylic acids is 1. The monoisotopic (exact) mass is 233 g/mol. The lowest BCUT2D eigenvalue weighted by Gasteiger charge is -1.96. The molecule has 0 aromatic carbocycles. The normalized spacial score (nSPS) is 10.5. The van der Waals surface area contributed by atoms with E-state index in [1.54, 1.807) is 24.0 Å². The molecule has 2 N–H and O–H groups in total. The molecule has 0 aliphatic heterocycles. The highest BCUT2D eigenvalue weighted by Gasteiger charge is 2.10. The van der Waals surface area contributed by atoms with Gasteiger partial charge in [-0.15, -0.1) is 0 Å². The highest BCUT2D eigenvalue weighted by atomic mass is 16.2. The van der Waals surface area contributed by atoms with Crippen molar-refractivity contribution in [2.45, 2.75) is 19.8 Å². The van der Waals surface area contributed by atoms with Gasteiger partial charge in [0.25, 0.3) is 5.91 Å². The van der Waals surface area contributed by atoms with Crippen LogP contribution in [-0.4, -0.2) is 25.9 Å². The molecule has 0 bridgehead atoms. The molecule has 0 saturated carbocycles. The van der Waals surface area contributed by atoms with E-state index in [0.717, 1.165) is 18.5 Å². The van der Waals surface area contributed by atoms with E-state index in [9.17, 15) is 4.79 Å². The Morgan fingerprint density at radius 1 is 1.59 bits per heavy atom. The number of hydrogen-bond acceptors (Lipinski definition) is 3. The summed E-state index contributed by atoms with van der Waals surface area (Å²) >= 11 is 0. The highest BCUT2D eigenvalue weighted by Crippen LogP contribution is 2.08. The van der Waals surface area contributed by atoms with Crippen LogP contribution in [0.2, 0.25) is 0 Å². The number of amides is 1. The van der Waals surface area contributed by atoms with Gasteiger partial charge in [0, 0.05) is 25.0 Å². The van der Waals surface area contributed by atoms with Gasteiger partial charge in [-0.2, -0.15) is 10.2 Å². The Morgan fingerprint density at radius 2 is 2.41 bits per heavy atom. The van der Waals surface area contributed by atoms with Crippen LogP contribution >= 0.6 is 0 Å². The van der Waals surface area contributed by atoms with Crippen molar-refractivity contribution < 1.29 is 4.79 Å². The number of hydrogen-bond donors (Lipinski definition) is 2. The van der Waals surface area contributed by atoms with Crippen molar-refractivity contribution in [2.24, 2.45) is 7.05 Å². The molecule has 0 aliphatic rings. The van der Waals surface area contributed by atoms with Gasteiger partial charge in [-0.1, -0.05) is 13.3 Å². The minimum atomic E-state index is -0.250. The first kappa shape index (κ1) is 11.4. The van der Waals surface area contributed by atoms with E-state index in [-0.39, 0.29) is 5.91 Å². The third kappa shape index (κ3) is 2.72. The van der Waals surface area contributed by atoms with Gasteiger partial charge in [-0.25, -0.2) is 0 Å². The highest BCUT2D eigenvalue weighted by molar-refractivity contribution is 6.02. The summed E-state index contributed by atoms with van der Waals surface area (Å²) in [6.07, 6.45) is 3.68. The van der Waals surface area contributed by atoms with Gasteiger partial charge < -0.3 is 5.32 Å². The average Bonchev–Trinajstić information content (AvgIpc) is 2.88. The summed E-state index contributed by atoms with van der Waals surface area (Å²) < 4.78 is 1.59. The van der Waals surface area contributed by atoms with Crippen LogP contribution in [0, 0.1) is 0 Å². The van der Waals surface area contributed by atoms with Gasteiger partial charge in [0.15, 0.2) is 11.5 Å². The van der Waals surface area contributed by atoms with Crippen LogP contribution < -0.4 is 5.32 Å². The summed E-state index contributed by atoms with van der Waals surface area (Å²) in [5.41, 5.74) is 1.40. The molecule has 1 amide bonds. The standard InChI is InChI=1S/C11H15N5O/c1-3-4-8-7-10(14-13-8)12-11(17)9-5-6-16(2)15-9/h5-7H,3-4H2,1-2H3,(H2,12,13,14,17). The Labute approximate surface area is 99.0 Å². The quantitative estimate of drug-likeness (QED) is 0.836. The molecule has 90 valence electrons. The smallest absolute Gasteiger partial charge is 0.277 e. The third-order valence-electron chi connectivity index (χ3n) is 2.34. The van der Waals surface area contributed by atoms with Gasteiger partial charge in [0.1, 0.15) is 0 Å². The second kappa shape index (κ2) is 4.82. The van der Waals surface area contributed by atoms with E-state index in [4.69, 9.17) is 0 Å². The second-order valence-electron chi connectivity index (χ2n) is 3.86. The van der Waals surface area contributed by atoms with Gasteiger partial charge in [-0.3, -0.25) is 14.6 Å². The molecular weight excluding hydrogens is 218 g/mol. The van der Waals surface area contributed by atoms with E-state index in [1.807, 2.05) is 6.07 Å². The Hall–Kier alpha value is -2.11. The second-order valence-corrected chi connectivity index (χ2v) is 3.86. The first-order valence-corrected chi connectivity index (χ1v) is 5.54. The number of rotatable bonds is 4. The topological polar surface area (TPSA) is 75.6 Å². The molecule has 6 heteroatoms. The van der Waals surface area contributed by atoms with Crippen LogP contribution in [-0.2, 0) is 13.5 Å². The average molecular weight is 233 g/mol. The zero-order chi connectivity index (χ0) is 12.3. The molecule has 0 atom stereocenters. The molecule has 2 aromatic rings. The molecule has 2 aromatic heterocycles. The lowest BCUT2D eigenvalue weighted by atomic mass is 10.2. The SMILES string of the molecule is CCCc1cc(NC(=O)c2ccn(C)n2)n[nH]1.